The number of carbonyl (C=O) groups is 2. The molecular formula is C23H22F2N2O4. The average molecular weight is 428 g/mol. The van der Waals surface area contributed by atoms with E-state index in [2.05, 4.69) is 15.0 Å². The SMILES string of the molecule is COc1ccc(-c2cc(NC(=O)c3[nH]c(C)c(C(C)=O)c3C)ccc2OC(F)F)cc1. The van der Waals surface area contributed by atoms with Crippen molar-refractivity contribution >= 4 is 17.4 Å². The van der Waals surface area contributed by atoms with Crippen LogP contribution in [0.4, 0.5) is 14.5 Å². The van der Waals surface area contributed by atoms with Crippen LogP contribution >= 0.6 is 0 Å². The summed E-state index contributed by atoms with van der Waals surface area (Å²) in [6.07, 6.45) is 0. The lowest BCUT2D eigenvalue weighted by Gasteiger charge is -2.14. The number of ether oxygens (including phenoxy) is 2. The van der Waals surface area contributed by atoms with E-state index in [1.54, 1.807) is 44.2 Å². The highest BCUT2D eigenvalue weighted by Crippen LogP contribution is 2.35. The first-order chi connectivity index (χ1) is 14.7. The molecule has 0 aliphatic rings. The van der Waals surface area contributed by atoms with Gasteiger partial charge < -0.3 is 19.8 Å². The maximum Gasteiger partial charge on any atom is 0.387 e. The van der Waals surface area contributed by atoms with E-state index >= 15 is 0 Å². The second kappa shape index (κ2) is 8.99. The number of aromatic nitrogens is 1. The lowest BCUT2D eigenvalue weighted by atomic mass is 10.0. The van der Waals surface area contributed by atoms with E-state index in [0.717, 1.165) is 0 Å². The third-order valence-electron chi connectivity index (χ3n) is 4.87. The number of anilines is 1. The van der Waals surface area contributed by atoms with E-state index in [9.17, 15) is 18.4 Å². The van der Waals surface area contributed by atoms with Gasteiger partial charge in [0.1, 0.15) is 17.2 Å². The normalized spacial score (nSPS) is 10.8. The van der Waals surface area contributed by atoms with Gasteiger partial charge in [0, 0.05) is 22.5 Å². The van der Waals surface area contributed by atoms with Gasteiger partial charge in [-0.25, -0.2) is 0 Å². The van der Waals surface area contributed by atoms with Gasteiger partial charge in [-0.1, -0.05) is 12.1 Å². The van der Waals surface area contributed by atoms with Gasteiger partial charge in [0.2, 0.25) is 0 Å². The highest BCUT2D eigenvalue weighted by Gasteiger charge is 2.20. The first-order valence-corrected chi connectivity index (χ1v) is 9.46. The molecule has 0 saturated carbocycles. The number of amides is 1. The molecule has 1 amide bonds. The van der Waals surface area contributed by atoms with Crippen molar-refractivity contribution in [1.29, 1.82) is 0 Å². The Labute approximate surface area is 178 Å². The van der Waals surface area contributed by atoms with Crippen LogP contribution in [0, 0.1) is 13.8 Å². The summed E-state index contributed by atoms with van der Waals surface area (Å²) in [6.45, 7) is 1.86. The van der Waals surface area contributed by atoms with Crippen LogP contribution in [0.3, 0.4) is 0 Å². The minimum absolute atomic E-state index is 0.0241. The molecule has 8 heteroatoms. The number of methoxy groups -OCH3 is 1. The van der Waals surface area contributed by atoms with Crippen molar-refractivity contribution in [2.75, 3.05) is 12.4 Å². The smallest absolute Gasteiger partial charge is 0.387 e. The van der Waals surface area contributed by atoms with Gasteiger partial charge in [-0.05, 0) is 62.2 Å². The second-order valence-corrected chi connectivity index (χ2v) is 6.95. The van der Waals surface area contributed by atoms with E-state index in [0.29, 0.717) is 39.4 Å². The number of nitrogens with one attached hydrogen (secondary N) is 2. The van der Waals surface area contributed by atoms with Gasteiger partial charge in [-0.2, -0.15) is 8.78 Å². The Balaban J connectivity index is 1.96. The molecule has 3 rings (SSSR count). The van der Waals surface area contributed by atoms with Gasteiger partial charge in [-0.15, -0.1) is 0 Å². The number of halogens is 2. The number of rotatable bonds is 7. The lowest BCUT2D eigenvalue weighted by molar-refractivity contribution is -0.0494. The molecule has 0 saturated heterocycles. The van der Waals surface area contributed by atoms with E-state index < -0.39 is 12.5 Å². The molecular weight excluding hydrogens is 406 g/mol. The molecule has 1 aromatic heterocycles. The van der Waals surface area contributed by atoms with Crippen molar-refractivity contribution in [3.05, 3.63) is 65.0 Å². The summed E-state index contributed by atoms with van der Waals surface area (Å²) >= 11 is 0. The Morgan fingerprint density at radius 1 is 1.06 bits per heavy atom. The van der Waals surface area contributed by atoms with E-state index in [4.69, 9.17) is 4.74 Å². The number of aromatic amines is 1. The summed E-state index contributed by atoms with van der Waals surface area (Å²) in [5.41, 5.74) is 3.27. The molecule has 0 spiro atoms. The van der Waals surface area contributed by atoms with Crippen LogP contribution in [0.5, 0.6) is 11.5 Å². The van der Waals surface area contributed by atoms with Crippen LogP contribution in [-0.2, 0) is 0 Å². The number of hydrogen-bond donors (Lipinski definition) is 2. The maximum atomic E-state index is 12.9. The van der Waals surface area contributed by atoms with Gasteiger partial charge in [0.25, 0.3) is 5.91 Å². The number of H-pyrrole nitrogens is 1. The standard InChI is InChI=1S/C23H22F2N2O4/c1-12-20(14(3)28)13(2)26-21(12)22(29)27-16-7-10-19(31-23(24)25)18(11-16)15-5-8-17(30-4)9-6-15/h5-11,23,26H,1-4H3,(H,27,29). The van der Waals surface area contributed by atoms with Crippen molar-refractivity contribution in [3.63, 3.8) is 0 Å². The largest absolute Gasteiger partial charge is 0.497 e. The van der Waals surface area contributed by atoms with Crippen LogP contribution in [-0.4, -0.2) is 30.4 Å². The highest BCUT2D eigenvalue weighted by molar-refractivity contribution is 6.07. The third-order valence-corrected chi connectivity index (χ3v) is 4.87. The number of Topliss-reactive ketones (excluding diaryl/α,β-unsaturated/α-hetero) is 1. The van der Waals surface area contributed by atoms with Crippen LogP contribution in [0.2, 0.25) is 0 Å². The molecule has 0 bridgehead atoms. The van der Waals surface area contributed by atoms with Crippen molar-refractivity contribution in [3.8, 4) is 22.6 Å². The summed E-state index contributed by atoms with van der Waals surface area (Å²) in [7, 11) is 1.53. The predicted molar refractivity (Wildman–Crippen MR) is 113 cm³/mol. The Morgan fingerprint density at radius 2 is 1.74 bits per heavy atom. The average Bonchev–Trinajstić information content (AvgIpc) is 3.03. The molecule has 2 N–H and O–H groups in total. The summed E-state index contributed by atoms with van der Waals surface area (Å²) < 4.78 is 35.5. The zero-order chi connectivity index (χ0) is 22.7. The number of benzene rings is 2. The Kier molecular flexibility index (Phi) is 6.39. The maximum absolute atomic E-state index is 12.9. The molecule has 0 fully saturated rings. The quantitative estimate of drug-likeness (QED) is 0.496. The fourth-order valence-corrected chi connectivity index (χ4v) is 3.50. The fourth-order valence-electron chi connectivity index (χ4n) is 3.50. The first kappa shape index (κ1) is 22.0. The van der Waals surface area contributed by atoms with Crippen LogP contribution in [0.1, 0.15) is 39.0 Å². The molecule has 0 radical (unpaired) electrons. The van der Waals surface area contributed by atoms with Crippen molar-refractivity contribution in [2.24, 2.45) is 0 Å². The van der Waals surface area contributed by atoms with E-state index in [1.165, 1.54) is 26.2 Å². The monoisotopic (exact) mass is 428 g/mol. The number of hydrogen-bond acceptors (Lipinski definition) is 4. The zero-order valence-electron chi connectivity index (χ0n) is 17.5. The summed E-state index contributed by atoms with van der Waals surface area (Å²) in [6, 6.07) is 11.2. The minimum atomic E-state index is -2.99. The van der Waals surface area contributed by atoms with E-state index in [1.807, 2.05) is 0 Å². The molecule has 0 unspecified atom stereocenters. The van der Waals surface area contributed by atoms with Gasteiger partial charge >= 0.3 is 6.61 Å². The highest BCUT2D eigenvalue weighted by atomic mass is 19.3. The number of aryl methyl sites for hydroxylation is 1. The molecule has 0 atom stereocenters. The molecule has 162 valence electrons. The minimum Gasteiger partial charge on any atom is -0.497 e. The summed E-state index contributed by atoms with van der Waals surface area (Å²) in [4.78, 5) is 27.6. The first-order valence-electron chi connectivity index (χ1n) is 9.46. The van der Waals surface area contributed by atoms with E-state index in [-0.39, 0.29) is 17.2 Å². The summed E-state index contributed by atoms with van der Waals surface area (Å²) in [5, 5.41) is 2.74. The molecule has 0 aliphatic heterocycles. The molecule has 3 aromatic rings. The molecule has 6 nitrogen and oxygen atoms in total. The van der Waals surface area contributed by atoms with Gasteiger partial charge in [0.05, 0.1) is 7.11 Å². The molecule has 31 heavy (non-hydrogen) atoms. The molecule has 2 aromatic carbocycles. The Bertz CT molecular complexity index is 1120. The van der Waals surface area contributed by atoms with Crippen LogP contribution in [0.15, 0.2) is 42.5 Å². The van der Waals surface area contributed by atoms with Crippen molar-refractivity contribution in [1.82, 2.24) is 4.98 Å². The van der Waals surface area contributed by atoms with Gasteiger partial charge in [-0.3, -0.25) is 9.59 Å². The lowest BCUT2D eigenvalue weighted by Crippen LogP contribution is -2.14. The summed E-state index contributed by atoms with van der Waals surface area (Å²) in [5.74, 6) is 0.00392. The second-order valence-electron chi connectivity index (χ2n) is 6.95. The topological polar surface area (TPSA) is 80.4 Å². The van der Waals surface area contributed by atoms with Crippen molar-refractivity contribution < 1.29 is 27.8 Å². The Morgan fingerprint density at radius 3 is 2.29 bits per heavy atom. The fraction of sp³-hybridized carbons (Fsp3) is 0.217. The molecule has 0 aliphatic carbocycles. The number of ketones is 1. The Hall–Kier alpha value is -3.68. The number of carbonyl (C=O) groups excluding carboxylic acids is 2. The van der Waals surface area contributed by atoms with Gasteiger partial charge in [0.15, 0.2) is 5.78 Å². The van der Waals surface area contributed by atoms with Crippen molar-refractivity contribution in [2.45, 2.75) is 27.4 Å². The zero-order valence-corrected chi connectivity index (χ0v) is 17.5. The third kappa shape index (κ3) is 4.74. The van der Waals surface area contributed by atoms with Crippen LogP contribution in [0.25, 0.3) is 11.1 Å². The number of alkyl halides is 2. The van der Waals surface area contributed by atoms with Crippen LogP contribution < -0.4 is 14.8 Å². The predicted octanol–water partition coefficient (Wildman–Crippen LogP) is 5.36. The molecule has 1 heterocycles.